The molecule has 98 valence electrons. The number of anilines is 3. The Labute approximate surface area is 110 Å². The number of H-pyrrole nitrogens is 1. The second-order valence-electron chi connectivity index (χ2n) is 4.57. The zero-order chi connectivity index (χ0) is 13.4. The fourth-order valence-electron chi connectivity index (χ4n) is 2.31. The van der Waals surface area contributed by atoms with Gasteiger partial charge in [-0.05, 0) is 12.1 Å². The average Bonchev–Trinajstić information content (AvgIpc) is 2.86. The van der Waals surface area contributed by atoms with Crippen LogP contribution in [0.3, 0.4) is 0 Å². The Balaban J connectivity index is 1.98. The first-order valence-corrected chi connectivity index (χ1v) is 6.10. The third-order valence-corrected chi connectivity index (χ3v) is 3.32. The van der Waals surface area contributed by atoms with Crippen molar-refractivity contribution >= 4 is 23.1 Å². The molecule has 0 unspecified atom stereocenters. The van der Waals surface area contributed by atoms with Crippen molar-refractivity contribution in [3.63, 3.8) is 0 Å². The Morgan fingerprint density at radius 3 is 2.74 bits per heavy atom. The van der Waals surface area contributed by atoms with Crippen molar-refractivity contribution in [3.8, 4) is 0 Å². The number of amides is 1. The summed E-state index contributed by atoms with van der Waals surface area (Å²) in [6, 6.07) is 9.42. The lowest BCUT2D eigenvalue weighted by Gasteiger charge is -2.35. The minimum Gasteiger partial charge on any atom is -0.382 e. The summed E-state index contributed by atoms with van der Waals surface area (Å²) in [6.45, 7) is 1.44. The lowest BCUT2D eigenvalue weighted by atomic mass is 10.1. The monoisotopic (exact) mass is 257 g/mol. The van der Waals surface area contributed by atoms with Crippen LogP contribution in [0, 0.1) is 0 Å². The van der Waals surface area contributed by atoms with Gasteiger partial charge in [0, 0.05) is 26.2 Å². The highest BCUT2D eigenvalue weighted by Gasteiger charge is 2.26. The van der Waals surface area contributed by atoms with Gasteiger partial charge in [-0.2, -0.15) is 5.10 Å². The maximum absolute atomic E-state index is 12.5. The topological polar surface area (TPSA) is 78.2 Å². The minimum atomic E-state index is -0.107. The van der Waals surface area contributed by atoms with Crippen molar-refractivity contribution in [1.82, 2.24) is 10.2 Å². The SMILES string of the molecule is CN1CCN(C(=O)c2cc(N)n[nH]2)c2ccccc21. The van der Waals surface area contributed by atoms with E-state index >= 15 is 0 Å². The van der Waals surface area contributed by atoms with Crippen molar-refractivity contribution in [1.29, 1.82) is 0 Å². The van der Waals surface area contributed by atoms with Crippen LogP contribution in [0.2, 0.25) is 0 Å². The number of nitrogens with zero attached hydrogens (tertiary/aromatic N) is 3. The molecule has 2 heterocycles. The molecule has 1 aliphatic heterocycles. The normalized spacial score (nSPS) is 14.4. The number of likely N-dealkylation sites (N-methyl/N-ethyl adjacent to an activating group) is 1. The first-order chi connectivity index (χ1) is 9.16. The number of nitrogens with two attached hydrogens (primary N) is 1. The summed E-state index contributed by atoms with van der Waals surface area (Å²) in [6.07, 6.45) is 0. The maximum Gasteiger partial charge on any atom is 0.276 e. The van der Waals surface area contributed by atoms with E-state index in [-0.39, 0.29) is 5.91 Å². The van der Waals surface area contributed by atoms with E-state index in [9.17, 15) is 4.79 Å². The van der Waals surface area contributed by atoms with Crippen LogP contribution in [-0.2, 0) is 0 Å². The van der Waals surface area contributed by atoms with E-state index in [2.05, 4.69) is 15.1 Å². The first-order valence-electron chi connectivity index (χ1n) is 6.10. The summed E-state index contributed by atoms with van der Waals surface area (Å²) in [5, 5.41) is 6.46. The molecule has 0 radical (unpaired) electrons. The molecule has 0 atom stereocenters. The van der Waals surface area contributed by atoms with Gasteiger partial charge in [0.15, 0.2) is 0 Å². The number of rotatable bonds is 1. The van der Waals surface area contributed by atoms with Gasteiger partial charge in [0.05, 0.1) is 11.4 Å². The van der Waals surface area contributed by atoms with Crippen LogP contribution in [0.25, 0.3) is 0 Å². The molecule has 0 saturated heterocycles. The lowest BCUT2D eigenvalue weighted by Crippen LogP contribution is -2.42. The summed E-state index contributed by atoms with van der Waals surface area (Å²) in [5.74, 6) is 0.218. The molecular weight excluding hydrogens is 242 g/mol. The Morgan fingerprint density at radius 1 is 1.32 bits per heavy atom. The molecule has 3 N–H and O–H groups in total. The van der Waals surface area contributed by atoms with Gasteiger partial charge in [-0.15, -0.1) is 0 Å². The van der Waals surface area contributed by atoms with Crippen LogP contribution < -0.4 is 15.5 Å². The molecule has 0 bridgehead atoms. The number of hydrogen-bond donors (Lipinski definition) is 2. The molecule has 0 fully saturated rings. The van der Waals surface area contributed by atoms with Crippen molar-refractivity contribution in [2.24, 2.45) is 0 Å². The number of aromatic nitrogens is 2. The quantitative estimate of drug-likeness (QED) is 0.801. The summed E-state index contributed by atoms with van der Waals surface area (Å²) >= 11 is 0. The van der Waals surface area contributed by atoms with Crippen molar-refractivity contribution in [3.05, 3.63) is 36.0 Å². The van der Waals surface area contributed by atoms with E-state index in [1.807, 2.05) is 31.3 Å². The van der Waals surface area contributed by atoms with Crippen molar-refractivity contribution < 1.29 is 4.79 Å². The predicted octanol–water partition coefficient (Wildman–Crippen LogP) is 1.09. The van der Waals surface area contributed by atoms with Gasteiger partial charge in [-0.25, -0.2) is 0 Å². The maximum atomic E-state index is 12.5. The zero-order valence-corrected chi connectivity index (χ0v) is 10.6. The van der Waals surface area contributed by atoms with E-state index < -0.39 is 0 Å². The number of nitrogens with one attached hydrogen (secondary N) is 1. The summed E-state index contributed by atoms with van der Waals surface area (Å²) in [5.41, 5.74) is 7.92. The molecule has 6 heteroatoms. The summed E-state index contributed by atoms with van der Waals surface area (Å²) in [4.78, 5) is 16.4. The van der Waals surface area contributed by atoms with Crippen LogP contribution in [0.4, 0.5) is 17.2 Å². The molecule has 0 aliphatic carbocycles. The standard InChI is InChI=1S/C13H15N5O/c1-17-6-7-18(11-5-3-2-4-10(11)17)13(19)9-8-12(14)16-15-9/h2-5,8H,6-7H2,1H3,(H3,14,15,16). The molecule has 0 spiro atoms. The zero-order valence-electron chi connectivity index (χ0n) is 10.6. The van der Waals surface area contributed by atoms with Gasteiger partial charge in [0.2, 0.25) is 0 Å². The Hall–Kier alpha value is -2.50. The molecule has 1 aliphatic rings. The molecule has 1 aromatic carbocycles. The Kier molecular flexibility index (Phi) is 2.63. The van der Waals surface area contributed by atoms with Gasteiger partial charge >= 0.3 is 0 Å². The van der Waals surface area contributed by atoms with Crippen LogP contribution in [0.1, 0.15) is 10.5 Å². The Morgan fingerprint density at radius 2 is 2.05 bits per heavy atom. The number of para-hydroxylation sites is 2. The minimum absolute atomic E-state index is 0.107. The number of carbonyl (C=O) groups is 1. The molecule has 1 amide bonds. The lowest BCUT2D eigenvalue weighted by molar-refractivity contribution is 0.0982. The molecule has 0 saturated carbocycles. The van der Waals surface area contributed by atoms with Crippen molar-refractivity contribution in [2.45, 2.75) is 0 Å². The van der Waals surface area contributed by atoms with Crippen LogP contribution >= 0.6 is 0 Å². The second-order valence-corrected chi connectivity index (χ2v) is 4.57. The number of nitrogen functional groups attached to an aromatic ring is 1. The molecule has 1 aromatic heterocycles. The molecule has 2 aromatic rings. The molecular formula is C13H15N5O. The predicted molar refractivity (Wildman–Crippen MR) is 74.4 cm³/mol. The number of hydrogen-bond acceptors (Lipinski definition) is 4. The largest absolute Gasteiger partial charge is 0.382 e. The number of fused-ring (bicyclic) bond motifs is 1. The van der Waals surface area contributed by atoms with Gasteiger partial charge < -0.3 is 15.5 Å². The average molecular weight is 257 g/mol. The smallest absolute Gasteiger partial charge is 0.276 e. The fraction of sp³-hybridized carbons (Fsp3) is 0.231. The van der Waals surface area contributed by atoms with E-state index in [1.54, 1.807) is 11.0 Å². The highest BCUT2D eigenvalue weighted by molar-refractivity contribution is 6.07. The third kappa shape index (κ3) is 1.91. The summed E-state index contributed by atoms with van der Waals surface area (Å²) in [7, 11) is 2.02. The van der Waals surface area contributed by atoms with Gasteiger partial charge in [0.25, 0.3) is 5.91 Å². The van der Waals surface area contributed by atoms with Crippen LogP contribution in [0.5, 0.6) is 0 Å². The molecule has 19 heavy (non-hydrogen) atoms. The van der Waals surface area contributed by atoms with Gasteiger partial charge in [-0.1, -0.05) is 12.1 Å². The fourth-order valence-corrected chi connectivity index (χ4v) is 2.31. The first kappa shape index (κ1) is 11.6. The van der Waals surface area contributed by atoms with Crippen molar-refractivity contribution in [2.75, 3.05) is 35.7 Å². The van der Waals surface area contributed by atoms with Crippen LogP contribution in [-0.4, -0.2) is 36.2 Å². The molecule has 6 nitrogen and oxygen atoms in total. The molecule has 3 rings (SSSR count). The number of aromatic amines is 1. The van der Waals surface area contributed by atoms with E-state index in [0.717, 1.165) is 17.9 Å². The van der Waals surface area contributed by atoms with Gasteiger partial charge in [-0.3, -0.25) is 9.89 Å². The van der Waals surface area contributed by atoms with E-state index in [1.165, 1.54) is 0 Å². The highest BCUT2D eigenvalue weighted by Crippen LogP contribution is 2.32. The highest BCUT2D eigenvalue weighted by atomic mass is 16.2. The summed E-state index contributed by atoms with van der Waals surface area (Å²) < 4.78 is 0. The van der Waals surface area contributed by atoms with Gasteiger partial charge in [0.1, 0.15) is 11.5 Å². The number of benzene rings is 1. The van der Waals surface area contributed by atoms with E-state index in [0.29, 0.717) is 18.1 Å². The van der Waals surface area contributed by atoms with E-state index in [4.69, 9.17) is 5.73 Å². The third-order valence-electron chi connectivity index (χ3n) is 3.32. The van der Waals surface area contributed by atoms with Crippen LogP contribution in [0.15, 0.2) is 30.3 Å². The Bertz CT molecular complexity index is 621. The number of carbonyl (C=O) groups excluding carboxylic acids is 1. The second kappa shape index (κ2) is 4.31.